The van der Waals surface area contributed by atoms with Crippen LogP contribution < -0.4 is 20.3 Å². The quantitative estimate of drug-likeness (QED) is 0.529. The van der Waals surface area contributed by atoms with Crippen molar-refractivity contribution in [1.82, 2.24) is 15.6 Å². The van der Waals surface area contributed by atoms with Gasteiger partial charge in [0.05, 0.1) is 12.2 Å². The van der Waals surface area contributed by atoms with Crippen LogP contribution in [-0.4, -0.2) is 61.3 Å². The predicted molar refractivity (Wildman–Crippen MR) is 130 cm³/mol. The zero-order valence-electron chi connectivity index (χ0n) is 19.5. The molecule has 2 amide bonds. The van der Waals surface area contributed by atoms with Gasteiger partial charge in [-0.3, -0.25) is 9.59 Å². The van der Waals surface area contributed by atoms with Crippen molar-refractivity contribution in [3.8, 4) is 5.75 Å². The topological polar surface area (TPSA) is 92.8 Å². The van der Waals surface area contributed by atoms with Gasteiger partial charge in [-0.2, -0.15) is 0 Å². The predicted octanol–water partition coefficient (Wildman–Crippen LogP) is 3.19. The molecule has 0 saturated carbocycles. The van der Waals surface area contributed by atoms with Crippen molar-refractivity contribution in [1.29, 1.82) is 0 Å². The smallest absolute Gasteiger partial charge is 0.260 e. The number of methoxy groups -OCH3 is 1. The Balaban J connectivity index is 1.31. The third kappa shape index (κ3) is 5.80. The summed E-state index contributed by atoms with van der Waals surface area (Å²) in [4.78, 5) is 31.9. The number of piperidine rings is 1. The Labute approximate surface area is 205 Å². The van der Waals surface area contributed by atoms with E-state index in [1.54, 1.807) is 44.5 Å². The molecule has 0 aliphatic carbocycles. The minimum Gasteiger partial charge on any atom is -0.481 e. The van der Waals surface area contributed by atoms with Gasteiger partial charge >= 0.3 is 0 Å². The summed E-state index contributed by atoms with van der Waals surface area (Å²) in [7, 11) is 1.60. The number of nitrogens with one attached hydrogen (secondary N) is 2. The summed E-state index contributed by atoms with van der Waals surface area (Å²) < 4.78 is 10.7. The van der Waals surface area contributed by atoms with Crippen molar-refractivity contribution in [2.45, 2.75) is 56.8 Å². The number of halogens is 1. The highest BCUT2D eigenvalue weighted by atomic mass is 35.5. The van der Waals surface area contributed by atoms with Gasteiger partial charge in [-0.25, -0.2) is 4.98 Å². The molecule has 2 bridgehead atoms. The molecule has 34 heavy (non-hydrogen) atoms. The summed E-state index contributed by atoms with van der Waals surface area (Å²) in [5.74, 6) is 1.22. The molecule has 2 aliphatic heterocycles. The first-order chi connectivity index (χ1) is 16.4. The van der Waals surface area contributed by atoms with E-state index in [1.807, 2.05) is 12.1 Å². The third-order valence-corrected chi connectivity index (χ3v) is 6.69. The van der Waals surface area contributed by atoms with Crippen LogP contribution in [0.2, 0.25) is 5.02 Å². The maximum atomic E-state index is 12.7. The van der Waals surface area contributed by atoms with E-state index in [0.29, 0.717) is 41.6 Å². The Bertz CT molecular complexity index is 971. The second kappa shape index (κ2) is 11.1. The summed E-state index contributed by atoms with van der Waals surface area (Å²) in [6, 6.07) is 11.4. The number of benzene rings is 1. The molecule has 0 spiro atoms. The number of carbonyl (C=O) groups is 2. The highest BCUT2D eigenvalue weighted by molar-refractivity contribution is 6.30. The Hall–Kier alpha value is -2.84. The lowest BCUT2D eigenvalue weighted by Crippen LogP contribution is -2.52. The van der Waals surface area contributed by atoms with Gasteiger partial charge in [0.2, 0.25) is 0 Å². The molecular formula is C25H31ClN4O4. The minimum absolute atomic E-state index is 0.100. The van der Waals surface area contributed by atoms with Crippen LogP contribution in [0, 0.1) is 0 Å². The highest BCUT2D eigenvalue weighted by Crippen LogP contribution is 2.38. The van der Waals surface area contributed by atoms with Crippen LogP contribution >= 0.6 is 11.6 Å². The first-order valence-electron chi connectivity index (χ1n) is 11.7. The van der Waals surface area contributed by atoms with E-state index >= 15 is 0 Å². The molecule has 1 aromatic heterocycles. The molecule has 3 heterocycles. The number of fused-ring (bicyclic) bond motifs is 2. The molecular weight excluding hydrogens is 456 g/mol. The van der Waals surface area contributed by atoms with Gasteiger partial charge in [-0.05, 0) is 69.0 Å². The third-order valence-electron chi connectivity index (χ3n) is 6.44. The first-order valence-corrected chi connectivity index (χ1v) is 12.1. The van der Waals surface area contributed by atoms with Crippen molar-refractivity contribution in [2.24, 2.45) is 0 Å². The van der Waals surface area contributed by atoms with E-state index in [4.69, 9.17) is 21.1 Å². The van der Waals surface area contributed by atoms with Crippen molar-refractivity contribution in [3.63, 3.8) is 0 Å². The van der Waals surface area contributed by atoms with E-state index in [0.717, 1.165) is 31.5 Å². The molecule has 4 atom stereocenters. The Morgan fingerprint density at radius 2 is 1.85 bits per heavy atom. The van der Waals surface area contributed by atoms with Crippen LogP contribution in [0.5, 0.6) is 5.75 Å². The maximum Gasteiger partial charge on any atom is 0.260 e. The molecule has 182 valence electrons. The highest BCUT2D eigenvalue weighted by Gasteiger charge is 2.42. The van der Waals surface area contributed by atoms with Gasteiger partial charge in [-0.15, -0.1) is 0 Å². The molecule has 2 N–H and O–H groups in total. The summed E-state index contributed by atoms with van der Waals surface area (Å²) >= 11 is 5.91. The molecule has 8 nitrogen and oxygen atoms in total. The number of anilines is 1. The van der Waals surface area contributed by atoms with Crippen LogP contribution in [0.25, 0.3) is 0 Å². The SMILES string of the molecule is COCCNC(=O)c1ccc(N2[C@@H]3CC[C@H]2C[C@@H](NC(=O)C(C)Oc2ccc(Cl)cc2)C3)nc1. The molecule has 2 aromatic rings. The molecule has 9 heteroatoms. The van der Waals surface area contributed by atoms with E-state index in [-0.39, 0.29) is 17.9 Å². The van der Waals surface area contributed by atoms with Gasteiger partial charge in [0.15, 0.2) is 6.10 Å². The lowest BCUT2D eigenvalue weighted by molar-refractivity contribution is -0.128. The standard InChI is InChI=1S/C25H31ClN4O4/c1-16(34-22-8-4-18(26)5-9-22)24(31)29-19-13-20-6-7-21(14-19)30(20)23-10-3-17(15-28-23)25(32)27-11-12-33-2/h3-5,8-10,15-16,19-21H,6-7,11-14H2,1-2H3,(H,27,32)(H,29,31)/t16?,19-,20+,21-. The summed E-state index contributed by atoms with van der Waals surface area (Å²) in [6.07, 6.45) is 4.87. The Morgan fingerprint density at radius 3 is 2.47 bits per heavy atom. The number of ether oxygens (including phenoxy) is 2. The van der Waals surface area contributed by atoms with Gasteiger partial charge in [0.25, 0.3) is 11.8 Å². The summed E-state index contributed by atoms with van der Waals surface area (Å²) in [5, 5.41) is 6.60. The number of rotatable bonds is 9. The maximum absolute atomic E-state index is 12.7. The fourth-order valence-electron chi connectivity index (χ4n) is 4.80. The van der Waals surface area contributed by atoms with E-state index in [1.165, 1.54) is 0 Å². The average molecular weight is 487 g/mol. The largest absolute Gasteiger partial charge is 0.481 e. The zero-order valence-corrected chi connectivity index (χ0v) is 20.3. The van der Waals surface area contributed by atoms with Gasteiger partial charge < -0.3 is 25.0 Å². The average Bonchev–Trinajstić information content (AvgIpc) is 3.10. The van der Waals surface area contributed by atoms with Crippen molar-refractivity contribution in [3.05, 3.63) is 53.2 Å². The summed E-state index contributed by atoms with van der Waals surface area (Å²) in [5.41, 5.74) is 0.532. The summed E-state index contributed by atoms with van der Waals surface area (Å²) in [6.45, 7) is 2.69. The lowest BCUT2D eigenvalue weighted by atomic mass is 9.97. The minimum atomic E-state index is -0.596. The van der Waals surface area contributed by atoms with Crippen molar-refractivity contribution in [2.75, 3.05) is 25.2 Å². The lowest BCUT2D eigenvalue weighted by Gasteiger charge is -2.40. The molecule has 1 unspecified atom stereocenters. The number of hydrogen-bond acceptors (Lipinski definition) is 6. The van der Waals surface area contributed by atoms with Crippen molar-refractivity contribution >= 4 is 29.2 Å². The van der Waals surface area contributed by atoms with Gasteiger partial charge in [0, 0.05) is 43.0 Å². The van der Waals surface area contributed by atoms with Crippen molar-refractivity contribution < 1.29 is 19.1 Å². The molecule has 1 aromatic carbocycles. The molecule has 0 radical (unpaired) electrons. The number of pyridine rings is 1. The molecule has 2 fully saturated rings. The monoisotopic (exact) mass is 486 g/mol. The fourth-order valence-corrected chi connectivity index (χ4v) is 4.93. The van der Waals surface area contributed by atoms with Crippen LogP contribution in [0.1, 0.15) is 43.0 Å². The van der Waals surface area contributed by atoms with Gasteiger partial charge in [-0.1, -0.05) is 11.6 Å². The number of nitrogens with zero attached hydrogens (tertiary/aromatic N) is 2. The first kappa shape index (κ1) is 24.3. The Morgan fingerprint density at radius 1 is 1.15 bits per heavy atom. The number of hydrogen-bond donors (Lipinski definition) is 2. The molecule has 2 saturated heterocycles. The van der Waals surface area contributed by atoms with E-state index in [2.05, 4.69) is 20.5 Å². The Kier molecular flexibility index (Phi) is 7.90. The molecule has 2 aliphatic rings. The van der Waals surface area contributed by atoms with E-state index in [9.17, 15) is 9.59 Å². The van der Waals surface area contributed by atoms with E-state index < -0.39 is 6.10 Å². The fraction of sp³-hybridized carbons (Fsp3) is 0.480. The van der Waals surface area contributed by atoms with Crippen LogP contribution in [0.4, 0.5) is 5.82 Å². The second-order valence-electron chi connectivity index (χ2n) is 8.84. The normalized spacial score (nSPS) is 22.2. The number of carbonyl (C=O) groups excluding carboxylic acids is 2. The molecule has 4 rings (SSSR count). The van der Waals surface area contributed by atoms with Crippen LogP contribution in [-0.2, 0) is 9.53 Å². The van der Waals surface area contributed by atoms with Gasteiger partial charge in [0.1, 0.15) is 11.6 Å². The number of aromatic nitrogens is 1. The van der Waals surface area contributed by atoms with Crippen LogP contribution in [0.15, 0.2) is 42.6 Å². The second-order valence-corrected chi connectivity index (χ2v) is 9.27. The van der Waals surface area contributed by atoms with Crippen LogP contribution in [0.3, 0.4) is 0 Å². The number of amides is 2. The zero-order chi connectivity index (χ0) is 24.1.